The highest BCUT2D eigenvalue weighted by molar-refractivity contribution is 7.15. The van der Waals surface area contributed by atoms with Crippen LogP contribution in [0.2, 0.25) is 0 Å². The van der Waals surface area contributed by atoms with Crippen molar-refractivity contribution in [2.45, 2.75) is 40.0 Å². The molecule has 0 spiro atoms. The summed E-state index contributed by atoms with van der Waals surface area (Å²) < 4.78 is 6.30. The standard InChI is InChI=1S/C20H24N4O4S/c1-14(25)22-20-21-10-18(29-20)12-23-7-5-16(6-8-23)9-17-3-4-19(27)24(11-17)13-28-15(2)26/h3-4,9-11H,5-8,12-13H2,1-2H3,(H,21,22,25). The number of ether oxygens (including phenoxy) is 1. The van der Waals surface area contributed by atoms with Gasteiger partial charge in [-0.05, 0) is 24.5 Å². The Bertz CT molecular complexity index is 969. The van der Waals surface area contributed by atoms with Crippen molar-refractivity contribution < 1.29 is 14.3 Å². The second kappa shape index (κ2) is 9.62. The molecule has 0 aromatic carbocycles. The average Bonchev–Trinajstić information content (AvgIpc) is 3.09. The monoisotopic (exact) mass is 416 g/mol. The quantitative estimate of drug-likeness (QED) is 0.727. The van der Waals surface area contributed by atoms with Crippen LogP contribution in [-0.4, -0.2) is 39.4 Å². The van der Waals surface area contributed by atoms with Gasteiger partial charge in [0.1, 0.15) is 0 Å². The predicted molar refractivity (Wildman–Crippen MR) is 111 cm³/mol. The third-order valence-corrected chi connectivity index (χ3v) is 5.40. The zero-order chi connectivity index (χ0) is 20.8. The molecule has 1 fully saturated rings. The zero-order valence-electron chi connectivity index (χ0n) is 16.5. The van der Waals surface area contributed by atoms with E-state index in [1.165, 1.54) is 41.4 Å². The number of hydrogen-bond donors (Lipinski definition) is 1. The van der Waals surface area contributed by atoms with E-state index in [-0.39, 0.29) is 18.2 Å². The van der Waals surface area contributed by atoms with Gasteiger partial charge in [0.15, 0.2) is 11.9 Å². The lowest BCUT2D eigenvalue weighted by molar-refractivity contribution is -0.144. The van der Waals surface area contributed by atoms with Crippen molar-refractivity contribution in [2.75, 3.05) is 18.4 Å². The van der Waals surface area contributed by atoms with Crippen molar-refractivity contribution in [3.8, 4) is 0 Å². The molecular formula is C20H24N4O4S. The van der Waals surface area contributed by atoms with Crippen LogP contribution in [0.3, 0.4) is 0 Å². The summed E-state index contributed by atoms with van der Waals surface area (Å²) in [4.78, 5) is 41.6. The Balaban J connectivity index is 1.56. The van der Waals surface area contributed by atoms with Gasteiger partial charge in [-0.1, -0.05) is 11.6 Å². The van der Waals surface area contributed by atoms with Gasteiger partial charge in [0, 0.05) is 56.8 Å². The van der Waals surface area contributed by atoms with Crippen molar-refractivity contribution in [3.05, 3.63) is 50.9 Å². The number of nitrogens with zero attached hydrogens (tertiary/aromatic N) is 3. The molecule has 2 aromatic heterocycles. The SMILES string of the molecule is CC(=O)Nc1ncc(CN2CCC(=Cc3ccc(=O)n(COC(C)=O)c3)CC2)s1. The maximum absolute atomic E-state index is 11.9. The summed E-state index contributed by atoms with van der Waals surface area (Å²) in [5.41, 5.74) is 2.04. The second-order valence-electron chi connectivity index (χ2n) is 6.93. The summed E-state index contributed by atoms with van der Waals surface area (Å²) in [7, 11) is 0. The normalized spacial score (nSPS) is 14.5. The highest BCUT2D eigenvalue weighted by Crippen LogP contribution is 2.24. The predicted octanol–water partition coefficient (Wildman–Crippen LogP) is 2.46. The van der Waals surface area contributed by atoms with Gasteiger partial charge in [-0.3, -0.25) is 23.9 Å². The van der Waals surface area contributed by atoms with Crippen LogP contribution in [0.15, 0.2) is 34.9 Å². The molecule has 29 heavy (non-hydrogen) atoms. The number of esters is 1. The Labute approximate surface area is 172 Å². The summed E-state index contributed by atoms with van der Waals surface area (Å²) in [5.74, 6) is -0.531. The number of amides is 1. The van der Waals surface area contributed by atoms with Gasteiger partial charge < -0.3 is 10.1 Å². The fraction of sp³-hybridized carbons (Fsp3) is 0.400. The number of carbonyl (C=O) groups excluding carboxylic acids is 2. The van der Waals surface area contributed by atoms with Crippen molar-refractivity contribution in [1.82, 2.24) is 14.5 Å². The van der Waals surface area contributed by atoms with E-state index >= 15 is 0 Å². The molecule has 3 rings (SSSR count). The van der Waals surface area contributed by atoms with Gasteiger partial charge in [0.05, 0.1) is 0 Å². The molecule has 1 amide bonds. The van der Waals surface area contributed by atoms with Gasteiger partial charge in [0.25, 0.3) is 5.56 Å². The first kappa shape index (κ1) is 20.9. The molecule has 9 heteroatoms. The lowest BCUT2D eigenvalue weighted by Crippen LogP contribution is -2.29. The van der Waals surface area contributed by atoms with Gasteiger partial charge in [0.2, 0.25) is 5.91 Å². The van der Waals surface area contributed by atoms with Crippen LogP contribution >= 0.6 is 11.3 Å². The van der Waals surface area contributed by atoms with E-state index in [2.05, 4.69) is 21.3 Å². The molecule has 2 aromatic rings. The molecule has 0 unspecified atom stereocenters. The van der Waals surface area contributed by atoms with Gasteiger partial charge in [-0.15, -0.1) is 11.3 Å². The minimum atomic E-state index is -0.418. The molecule has 3 heterocycles. The molecule has 0 bridgehead atoms. The Kier molecular flexibility index (Phi) is 6.95. The second-order valence-corrected chi connectivity index (χ2v) is 8.04. The van der Waals surface area contributed by atoms with Crippen molar-refractivity contribution in [1.29, 1.82) is 0 Å². The number of piperidine rings is 1. The molecule has 8 nitrogen and oxygen atoms in total. The number of thiazole rings is 1. The summed E-state index contributed by atoms with van der Waals surface area (Å²) in [6, 6.07) is 3.27. The molecule has 1 aliphatic heterocycles. The Morgan fingerprint density at radius 2 is 2.03 bits per heavy atom. The number of rotatable bonds is 6. The topological polar surface area (TPSA) is 93.5 Å². The first-order chi connectivity index (χ1) is 13.9. The van der Waals surface area contributed by atoms with E-state index in [1.54, 1.807) is 12.3 Å². The minimum absolute atomic E-state index is 0.0751. The number of aromatic nitrogens is 2. The van der Waals surface area contributed by atoms with Gasteiger partial charge in [-0.2, -0.15) is 0 Å². The van der Waals surface area contributed by atoms with Crippen LogP contribution in [0.4, 0.5) is 5.13 Å². The highest BCUT2D eigenvalue weighted by Gasteiger charge is 2.16. The van der Waals surface area contributed by atoms with Crippen molar-refractivity contribution >= 4 is 34.4 Å². The fourth-order valence-electron chi connectivity index (χ4n) is 3.08. The summed E-state index contributed by atoms with van der Waals surface area (Å²) >= 11 is 1.50. The Hall–Kier alpha value is -2.78. The number of nitrogens with one attached hydrogen (secondary N) is 1. The molecule has 154 valence electrons. The Morgan fingerprint density at radius 3 is 2.72 bits per heavy atom. The first-order valence-corrected chi connectivity index (χ1v) is 10.2. The maximum Gasteiger partial charge on any atom is 0.304 e. The number of hydrogen-bond acceptors (Lipinski definition) is 7. The molecule has 1 N–H and O–H groups in total. The number of likely N-dealkylation sites (tertiary alicyclic amines) is 1. The molecule has 0 atom stereocenters. The summed E-state index contributed by atoms with van der Waals surface area (Å²) in [5, 5.41) is 3.34. The van der Waals surface area contributed by atoms with Crippen molar-refractivity contribution in [2.24, 2.45) is 0 Å². The minimum Gasteiger partial charge on any atom is -0.444 e. The van der Waals surface area contributed by atoms with Crippen molar-refractivity contribution in [3.63, 3.8) is 0 Å². The summed E-state index contributed by atoms with van der Waals surface area (Å²) in [6.45, 7) is 5.41. The van der Waals surface area contributed by atoms with Crippen LogP contribution < -0.4 is 10.9 Å². The maximum atomic E-state index is 11.9. The van der Waals surface area contributed by atoms with E-state index in [4.69, 9.17) is 4.74 Å². The zero-order valence-corrected chi connectivity index (χ0v) is 17.3. The molecule has 0 radical (unpaired) electrons. The van der Waals surface area contributed by atoms with E-state index < -0.39 is 5.97 Å². The molecular weight excluding hydrogens is 392 g/mol. The number of carbonyl (C=O) groups is 2. The lowest BCUT2D eigenvalue weighted by atomic mass is 10.0. The summed E-state index contributed by atoms with van der Waals surface area (Å²) in [6.07, 6.45) is 7.52. The third kappa shape index (κ3) is 6.37. The lowest BCUT2D eigenvalue weighted by Gasteiger charge is -2.27. The smallest absolute Gasteiger partial charge is 0.304 e. The van der Waals surface area contributed by atoms with E-state index in [1.807, 2.05) is 6.20 Å². The van der Waals surface area contributed by atoms with E-state index in [9.17, 15) is 14.4 Å². The van der Waals surface area contributed by atoms with Crippen LogP contribution in [0.5, 0.6) is 0 Å². The van der Waals surface area contributed by atoms with E-state index in [0.29, 0.717) is 5.13 Å². The van der Waals surface area contributed by atoms with Crippen LogP contribution in [0, 0.1) is 0 Å². The largest absolute Gasteiger partial charge is 0.444 e. The van der Waals surface area contributed by atoms with Crippen LogP contribution in [0.1, 0.15) is 37.1 Å². The number of pyridine rings is 1. The average molecular weight is 417 g/mol. The third-order valence-electron chi connectivity index (χ3n) is 4.50. The first-order valence-electron chi connectivity index (χ1n) is 9.37. The van der Waals surface area contributed by atoms with E-state index in [0.717, 1.165) is 42.9 Å². The molecule has 0 aliphatic carbocycles. The van der Waals surface area contributed by atoms with Gasteiger partial charge >= 0.3 is 5.97 Å². The highest BCUT2D eigenvalue weighted by atomic mass is 32.1. The molecule has 0 saturated carbocycles. The number of anilines is 1. The van der Waals surface area contributed by atoms with Crippen LogP contribution in [-0.2, 0) is 27.6 Å². The molecule has 1 saturated heterocycles. The molecule has 1 aliphatic rings. The van der Waals surface area contributed by atoms with Crippen LogP contribution in [0.25, 0.3) is 6.08 Å². The fourth-order valence-corrected chi connectivity index (χ4v) is 3.99. The van der Waals surface area contributed by atoms with Gasteiger partial charge in [-0.25, -0.2) is 4.98 Å². The Morgan fingerprint density at radius 1 is 1.28 bits per heavy atom.